The summed E-state index contributed by atoms with van der Waals surface area (Å²) >= 11 is 0. The smallest absolute Gasteiger partial charge is 0.333 e. The van der Waals surface area contributed by atoms with Gasteiger partial charge in [0.1, 0.15) is 0 Å². The van der Waals surface area contributed by atoms with Crippen LogP contribution in [0.5, 0.6) is 0 Å². The molecular weight excluding hydrogens is 236 g/mol. The highest BCUT2D eigenvalue weighted by atomic mass is 16.7. The lowest BCUT2D eigenvalue weighted by Crippen LogP contribution is -2.12. The molecule has 0 fully saturated rings. The molecule has 0 amide bonds. The largest absolute Gasteiger partial charge is 0.469 e. The first-order valence-electron chi connectivity index (χ1n) is 5.70. The van der Waals surface area contributed by atoms with Crippen molar-refractivity contribution in [2.75, 3.05) is 27.9 Å². The molecule has 0 aromatic carbocycles. The number of hydrogen-bond donors (Lipinski definition) is 0. The third-order valence-electron chi connectivity index (χ3n) is 2.24. The summed E-state index contributed by atoms with van der Waals surface area (Å²) in [6.07, 6.45) is 2.99. The number of methoxy groups -OCH3 is 3. The Balaban J connectivity index is 3.98. The standard InChI is InChI=1S/C13H22O5/c1-10(2)13(14)18-8-6-7-11(15-3)9-12(16-4)17-5/h9,11H,1,6-8H2,2-5H3. The van der Waals surface area contributed by atoms with Crippen molar-refractivity contribution in [3.8, 4) is 0 Å². The second-order valence-electron chi connectivity index (χ2n) is 3.73. The lowest BCUT2D eigenvalue weighted by molar-refractivity contribution is -0.139. The Kier molecular flexibility index (Phi) is 8.74. The van der Waals surface area contributed by atoms with E-state index in [2.05, 4.69) is 6.58 Å². The third kappa shape index (κ3) is 6.96. The van der Waals surface area contributed by atoms with Crippen molar-refractivity contribution in [1.82, 2.24) is 0 Å². The van der Waals surface area contributed by atoms with Gasteiger partial charge in [0.15, 0.2) is 0 Å². The van der Waals surface area contributed by atoms with Crippen molar-refractivity contribution in [2.24, 2.45) is 0 Å². The Labute approximate surface area is 108 Å². The van der Waals surface area contributed by atoms with Crippen molar-refractivity contribution < 1.29 is 23.7 Å². The maximum absolute atomic E-state index is 11.1. The first kappa shape index (κ1) is 16.5. The van der Waals surface area contributed by atoms with Crippen molar-refractivity contribution in [1.29, 1.82) is 0 Å². The molecule has 0 spiro atoms. The fourth-order valence-electron chi connectivity index (χ4n) is 1.21. The zero-order valence-electron chi connectivity index (χ0n) is 11.5. The molecule has 0 aliphatic carbocycles. The van der Waals surface area contributed by atoms with Crippen molar-refractivity contribution in [3.63, 3.8) is 0 Å². The van der Waals surface area contributed by atoms with Crippen LogP contribution in [0.25, 0.3) is 0 Å². The summed E-state index contributed by atoms with van der Waals surface area (Å²) in [5, 5.41) is 0. The van der Waals surface area contributed by atoms with Crippen molar-refractivity contribution >= 4 is 5.97 Å². The molecule has 0 bridgehead atoms. The van der Waals surface area contributed by atoms with E-state index in [0.29, 0.717) is 31.0 Å². The second-order valence-corrected chi connectivity index (χ2v) is 3.73. The van der Waals surface area contributed by atoms with E-state index in [1.807, 2.05) is 0 Å². The SMILES string of the molecule is C=C(C)C(=O)OCCCC(C=C(OC)OC)OC. The van der Waals surface area contributed by atoms with E-state index in [1.165, 1.54) is 14.2 Å². The van der Waals surface area contributed by atoms with Crippen LogP contribution in [0, 0.1) is 0 Å². The summed E-state index contributed by atoms with van der Waals surface area (Å²) in [6.45, 7) is 5.46. The Hall–Kier alpha value is -1.49. The molecule has 0 rings (SSSR count). The third-order valence-corrected chi connectivity index (χ3v) is 2.24. The number of carbonyl (C=O) groups is 1. The molecule has 0 heterocycles. The zero-order valence-corrected chi connectivity index (χ0v) is 11.5. The molecule has 5 nitrogen and oxygen atoms in total. The Morgan fingerprint density at radius 2 is 1.89 bits per heavy atom. The Bertz CT molecular complexity index is 290. The van der Waals surface area contributed by atoms with Gasteiger partial charge in [-0.25, -0.2) is 4.79 Å². The Morgan fingerprint density at radius 1 is 1.28 bits per heavy atom. The van der Waals surface area contributed by atoms with Crippen LogP contribution in [0.4, 0.5) is 0 Å². The summed E-state index contributed by atoms with van der Waals surface area (Å²) in [4.78, 5) is 11.1. The summed E-state index contributed by atoms with van der Waals surface area (Å²) < 4.78 is 20.2. The summed E-state index contributed by atoms with van der Waals surface area (Å²) in [6, 6.07) is 0. The predicted molar refractivity (Wildman–Crippen MR) is 67.9 cm³/mol. The van der Waals surface area contributed by atoms with Gasteiger partial charge in [-0.1, -0.05) is 6.58 Å². The average molecular weight is 258 g/mol. The highest BCUT2D eigenvalue weighted by Crippen LogP contribution is 2.08. The van der Waals surface area contributed by atoms with Gasteiger partial charge in [0.2, 0.25) is 0 Å². The molecule has 0 radical (unpaired) electrons. The molecule has 0 aliphatic rings. The minimum atomic E-state index is -0.367. The lowest BCUT2D eigenvalue weighted by atomic mass is 10.2. The van der Waals surface area contributed by atoms with Gasteiger partial charge in [-0.15, -0.1) is 0 Å². The molecule has 0 aromatic heterocycles. The highest BCUT2D eigenvalue weighted by Gasteiger charge is 2.08. The first-order chi connectivity index (χ1) is 8.54. The number of ether oxygens (including phenoxy) is 4. The van der Waals surface area contributed by atoms with Crippen LogP contribution < -0.4 is 0 Å². The summed E-state index contributed by atoms with van der Waals surface area (Å²) in [5.41, 5.74) is 0.402. The van der Waals surface area contributed by atoms with E-state index < -0.39 is 0 Å². The zero-order chi connectivity index (χ0) is 14.0. The second kappa shape index (κ2) is 9.53. The maximum Gasteiger partial charge on any atom is 0.333 e. The fourth-order valence-corrected chi connectivity index (χ4v) is 1.21. The van der Waals surface area contributed by atoms with Crippen LogP contribution in [-0.4, -0.2) is 40.0 Å². The molecule has 0 N–H and O–H groups in total. The molecule has 0 saturated carbocycles. The van der Waals surface area contributed by atoms with Crippen molar-refractivity contribution in [3.05, 3.63) is 24.2 Å². The van der Waals surface area contributed by atoms with Gasteiger partial charge in [0, 0.05) is 18.8 Å². The van der Waals surface area contributed by atoms with Gasteiger partial charge in [0.05, 0.1) is 26.9 Å². The van der Waals surface area contributed by atoms with Crippen LogP contribution in [0.2, 0.25) is 0 Å². The van der Waals surface area contributed by atoms with Crippen LogP contribution in [0.15, 0.2) is 24.2 Å². The van der Waals surface area contributed by atoms with Gasteiger partial charge in [-0.05, 0) is 19.8 Å². The fraction of sp³-hybridized carbons (Fsp3) is 0.615. The van der Waals surface area contributed by atoms with E-state index >= 15 is 0 Å². The number of esters is 1. The van der Waals surface area contributed by atoms with E-state index in [1.54, 1.807) is 20.1 Å². The van der Waals surface area contributed by atoms with E-state index in [-0.39, 0.29) is 12.1 Å². The lowest BCUT2D eigenvalue weighted by Gasteiger charge is -2.12. The quantitative estimate of drug-likeness (QED) is 0.274. The van der Waals surface area contributed by atoms with Gasteiger partial charge in [-0.2, -0.15) is 0 Å². The van der Waals surface area contributed by atoms with Crippen LogP contribution in [0.3, 0.4) is 0 Å². The minimum Gasteiger partial charge on any atom is -0.469 e. The topological polar surface area (TPSA) is 54.0 Å². The van der Waals surface area contributed by atoms with Gasteiger partial charge in [-0.3, -0.25) is 0 Å². The molecule has 5 heteroatoms. The van der Waals surface area contributed by atoms with E-state index in [9.17, 15) is 4.79 Å². The molecule has 18 heavy (non-hydrogen) atoms. The van der Waals surface area contributed by atoms with Crippen LogP contribution >= 0.6 is 0 Å². The first-order valence-corrected chi connectivity index (χ1v) is 5.70. The molecule has 104 valence electrons. The van der Waals surface area contributed by atoms with Crippen LogP contribution in [0.1, 0.15) is 19.8 Å². The van der Waals surface area contributed by atoms with Gasteiger partial charge < -0.3 is 18.9 Å². The van der Waals surface area contributed by atoms with E-state index in [0.717, 1.165) is 0 Å². The molecule has 0 aromatic rings. The molecule has 1 atom stereocenters. The number of rotatable bonds is 9. The van der Waals surface area contributed by atoms with Crippen LogP contribution in [-0.2, 0) is 23.7 Å². The maximum atomic E-state index is 11.1. The Morgan fingerprint density at radius 3 is 2.33 bits per heavy atom. The number of carbonyl (C=O) groups excluding carboxylic acids is 1. The monoisotopic (exact) mass is 258 g/mol. The molecular formula is C13H22O5. The van der Waals surface area contributed by atoms with Gasteiger partial charge in [0.25, 0.3) is 5.95 Å². The summed E-state index contributed by atoms with van der Waals surface area (Å²) in [7, 11) is 4.65. The van der Waals surface area contributed by atoms with Crippen molar-refractivity contribution in [2.45, 2.75) is 25.9 Å². The highest BCUT2D eigenvalue weighted by molar-refractivity contribution is 5.86. The van der Waals surface area contributed by atoms with Gasteiger partial charge >= 0.3 is 5.97 Å². The summed E-state index contributed by atoms with van der Waals surface area (Å²) in [5.74, 6) is 0.0368. The molecule has 0 aliphatic heterocycles. The number of hydrogen-bond acceptors (Lipinski definition) is 5. The minimum absolute atomic E-state index is 0.136. The van der Waals surface area contributed by atoms with E-state index in [4.69, 9.17) is 18.9 Å². The average Bonchev–Trinajstić information content (AvgIpc) is 2.37. The molecule has 1 unspecified atom stereocenters. The molecule has 0 saturated heterocycles. The normalized spacial score (nSPS) is 11.3. The predicted octanol–water partition coefficient (Wildman–Crippen LogP) is 2.04.